The van der Waals surface area contributed by atoms with Crippen LogP contribution in [0.4, 0.5) is 13.6 Å². The summed E-state index contributed by atoms with van der Waals surface area (Å²) < 4.78 is 40.4. The fourth-order valence-corrected chi connectivity index (χ4v) is 6.99. The van der Waals surface area contributed by atoms with Crippen LogP contribution >= 0.6 is 0 Å². The topological polar surface area (TPSA) is 163 Å². The van der Waals surface area contributed by atoms with Crippen LogP contribution in [0.3, 0.4) is 0 Å². The predicted octanol–water partition coefficient (Wildman–Crippen LogP) is 5.68. The molecule has 0 saturated carbocycles. The normalized spacial score (nSPS) is 18.3. The lowest BCUT2D eigenvalue weighted by Gasteiger charge is -2.26. The van der Waals surface area contributed by atoms with Crippen LogP contribution in [0.2, 0.25) is 0 Å². The van der Waals surface area contributed by atoms with E-state index in [4.69, 9.17) is 4.74 Å². The van der Waals surface area contributed by atoms with Crippen molar-refractivity contribution in [3.8, 4) is 33.6 Å². The second-order valence-corrected chi connectivity index (χ2v) is 13.2. The predicted molar refractivity (Wildman–Crippen MR) is 185 cm³/mol. The molecule has 0 bridgehead atoms. The molecule has 6 rings (SSSR count). The zero-order chi connectivity index (χ0) is 37.1. The summed E-state index contributed by atoms with van der Waals surface area (Å²) in [6.45, 7) is 4.30. The van der Waals surface area contributed by atoms with Gasteiger partial charge in [0.2, 0.25) is 11.8 Å². The molecule has 4 aromatic rings. The van der Waals surface area contributed by atoms with Crippen molar-refractivity contribution in [2.45, 2.75) is 64.1 Å². The number of likely N-dealkylation sites (tertiary alicyclic amines) is 2. The number of hydrogen-bond acceptors (Lipinski definition) is 8. The van der Waals surface area contributed by atoms with Gasteiger partial charge >= 0.3 is 12.1 Å². The van der Waals surface area contributed by atoms with E-state index in [1.165, 1.54) is 38.7 Å². The number of carbonyl (C=O) groups excluding carboxylic acids is 4. The maximum atomic E-state index is 15.6. The van der Waals surface area contributed by atoms with Gasteiger partial charge in [-0.15, -0.1) is 0 Å². The van der Waals surface area contributed by atoms with Crippen molar-refractivity contribution in [3.05, 3.63) is 72.1 Å². The van der Waals surface area contributed by atoms with Gasteiger partial charge < -0.3 is 34.6 Å². The molecule has 3 N–H and O–H groups in total. The zero-order valence-corrected chi connectivity index (χ0v) is 29.4. The molecule has 4 heterocycles. The Labute approximate surface area is 299 Å². The number of ether oxygens (including phenoxy) is 2. The highest BCUT2D eigenvalue weighted by Crippen LogP contribution is 2.36. The average Bonchev–Trinajstić information content (AvgIpc) is 3.97. The number of nitrogens with one attached hydrogen (secondary N) is 3. The Morgan fingerprint density at radius 2 is 1.31 bits per heavy atom. The Morgan fingerprint density at radius 3 is 1.77 bits per heavy atom. The van der Waals surface area contributed by atoms with Crippen LogP contribution in [-0.2, 0) is 23.9 Å². The van der Waals surface area contributed by atoms with Gasteiger partial charge in [-0.05, 0) is 68.0 Å². The third-order valence-electron chi connectivity index (χ3n) is 9.76. The molecule has 2 aliphatic rings. The minimum Gasteiger partial charge on any atom is -0.469 e. The summed E-state index contributed by atoms with van der Waals surface area (Å²) in [6, 6.07) is 7.77. The molecular weight excluding hydrogens is 676 g/mol. The van der Waals surface area contributed by atoms with Crippen molar-refractivity contribution >= 4 is 23.9 Å². The lowest BCUT2D eigenvalue weighted by molar-refractivity contribution is -0.146. The van der Waals surface area contributed by atoms with Gasteiger partial charge in [0.1, 0.15) is 29.3 Å². The number of aromatic amines is 2. The fourth-order valence-electron chi connectivity index (χ4n) is 6.99. The lowest BCUT2D eigenvalue weighted by Crippen LogP contribution is -2.46. The van der Waals surface area contributed by atoms with E-state index < -0.39 is 35.7 Å². The van der Waals surface area contributed by atoms with E-state index in [9.17, 15) is 19.2 Å². The van der Waals surface area contributed by atoms with E-state index in [2.05, 4.69) is 30.0 Å². The molecule has 0 unspecified atom stereocenters. The number of alkyl carbamates (subject to hydrolysis) is 1. The number of H-pyrrole nitrogens is 2. The summed E-state index contributed by atoms with van der Waals surface area (Å²) >= 11 is 0. The second-order valence-electron chi connectivity index (χ2n) is 13.2. The monoisotopic (exact) mass is 717 g/mol. The average molecular weight is 718 g/mol. The Morgan fingerprint density at radius 1 is 0.808 bits per heavy atom. The number of aromatic nitrogens is 4. The minimum absolute atomic E-state index is 0.0156. The summed E-state index contributed by atoms with van der Waals surface area (Å²) in [4.78, 5) is 68.1. The smallest absolute Gasteiger partial charge is 0.407 e. The molecule has 2 aromatic carbocycles. The highest BCUT2D eigenvalue weighted by atomic mass is 19.1. The maximum absolute atomic E-state index is 15.6. The first-order chi connectivity index (χ1) is 25.0. The highest BCUT2D eigenvalue weighted by Gasteiger charge is 2.36. The molecule has 274 valence electrons. The number of hydrogen-bond donors (Lipinski definition) is 3. The molecule has 2 aliphatic heterocycles. The molecule has 2 fully saturated rings. The van der Waals surface area contributed by atoms with Gasteiger partial charge in [0.25, 0.3) is 0 Å². The lowest BCUT2D eigenvalue weighted by atomic mass is 10.00. The Balaban J connectivity index is 1.14. The molecule has 0 aliphatic carbocycles. The molecule has 3 amide bonds. The molecule has 4 atom stereocenters. The zero-order valence-electron chi connectivity index (χ0n) is 29.4. The summed E-state index contributed by atoms with van der Waals surface area (Å²) in [6.07, 6.45) is 5.18. The Kier molecular flexibility index (Phi) is 10.7. The molecule has 2 saturated heterocycles. The van der Waals surface area contributed by atoms with Crippen molar-refractivity contribution in [1.82, 2.24) is 35.1 Å². The van der Waals surface area contributed by atoms with Crippen molar-refractivity contribution in [3.63, 3.8) is 0 Å². The van der Waals surface area contributed by atoms with Crippen molar-refractivity contribution in [1.29, 1.82) is 0 Å². The molecule has 2 aromatic heterocycles. The molecule has 52 heavy (non-hydrogen) atoms. The number of nitrogens with zero attached hydrogens (tertiary/aromatic N) is 4. The number of halogens is 2. The number of methoxy groups -OCH3 is 2. The van der Waals surface area contributed by atoms with Crippen LogP contribution in [0.5, 0.6) is 0 Å². The first kappa shape index (κ1) is 36.2. The van der Waals surface area contributed by atoms with Gasteiger partial charge in [0.15, 0.2) is 0 Å². The van der Waals surface area contributed by atoms with Crippen LogP contribution in [0.15, 0.2) is 48.8 Å². The minimum atomic E-state index is -0.793. The van der Waals surface area contributed by atoms with E-state index in [0.717, 1.165) is 12.8 Å². The van der Waals surface area contributed by atoms with E-state index in [-0.39, 0.29) is 41.4 Å². The third-order valence-corrected chi connectivity index (χ3v) is 9.76. The van der Waals surface area contributed by atoms with Gasteiger partial charge in [0, 0.05) is 30.1 Å². The number of esters is 1. The van der Waals surface area contributed by atoms with Crippen LogP contribution in [-0.4, -0.2) is 87.0 Å². The second kappa shape index (κ2) is 15.3. The standard InChI is InChI=1S/C37H41F2N7O6/c1-20(15-32(47)51-3)35(48)45-13-5-7-30(45)33-40-18-28(43-33)24-11-9-22(16-26(24)38)23-10-12-25(27(39)17-23)29-19-41-34(44-29)31-8-6-14-46(31)36(49)21(2)42-37(50)52-4/h9-12,16-21,30-31H,5-8,13-15H2,1-4H3,(H,40,43)(H,41,44)(H,42,50)/t20-,21-,30+,31+/m1/s1. The summed E-state index contributed by atoms with van der Waals surface area (Å²) in [5.74, 6) is -1.47. The SMILES string of the molecule is COC(=O)C[C@@H](C)C(=O)N1CCC[C@H]1c1ncc(-c2ccc(-c3ccc(-c4cnc([C@@H]5CCCN5C(=O)[C@@H](C)NC(=O)OC)[nH]4)c(F)c3)cc2F)[nH]1. The quantitative estimate of drug-likeness (QED) is 0.177. The Hall–Kier alpha value is -5.60. The fraction of sp³-hybridized carbons (Fsp3) is 0.405. The largest absolute Gasteiger partial charge is 0.469 e. The maximum Gasteiger partial charge on any atom is 0.407 e. The Bertz CT molecular complexity index is 1840. The number of carbonyl (C=O) groups is 4. The van der Waals surface area contributed by atoms with Gasteiger partial charge in [-0.1, -0.05) is 19.1 Å². The van der Waals surface area contributed by atoms with Crippen LogP contribution < -0.4 is 5.32 Å². The third kappa shape index (κ3) is 7.39. The van der Waals surface area contributed by atoms with Crippen molar-refractivity contribution < 1.29 is 37.4 Å². The molecular formula is C37H41F2N7O6. The summed E-state index contributed by atoms with van der Waals surface area (Å²) in [7, 11) is 2.51. The van der Waals surface area contributed by atoms with Crippen molar-refractivity contribution in [2.75, 3.05) is 27.3 Å². The van der Waals surface area contributed by atoms with Crippen LogP contribution in [0.25, 0.3) is 33.6 Å². The van der Waals surface area contributed by atoms with E-state index in [1.807, 2.05) is 0 Å². The number of rotatable bonds is 10. The molecule has 15 heteroatoms. The van der Waals surface area contributed by atoms with Gasteiger partial charge in [-0.3, -0.25) is 14.4 Å². The van der Waals surface area contributed by atoms with E-state index in [0.29, 0.717) is 60.1 Å². The van der Waals surface area contributed by atoms with E-state index in [1.54, 1.807) is 47.9 Å². The first-order valence-corrected chi connectivity index (χ1v) is 17.2. The van der Waals surface area contributed by atoms with Crippen molar-refractivity contribution in [2.24, 2.45) is 5.92 Å². The van der Waals surface area contributed by atoms with E-state index >= 15 is 8.78 Å². The summed E-state index contributed by atoms with van der Waals surface area (Å²) in [5, 5.41) is 2.49. The number of amides is 3. The molecule has 0 radical (unpaired) electrons. The highest BCUT2D eigenvalue weighted by molar-refractivity contribution is 5.86. The number of imidazole rings is 2. The van der Waals surface area contributed by atoms with Gasteiger partial charge in [-0.25, -0.2) is 23.5 Å². The van der Waals surface area contributed by atoms with Crippen LogP contribution in [0, 0.1) is 17.6 Å². The summed E-state index contributed by atoms with van der Waals surface area (Å²) in [5.41, 5.74) is 2.34. The van der Waals surface area contributed by atoms with Gasteiger partial charge in [-0.2, -0.15) is 0 Å². The first-order valence-electron chi connectivity index (χ1n) is 17.2. The molecule has 13 nitrogen and oxygen atoms in total. The van der Waals surface area contributed by atoms with Gasteiger partial charge in [0.05, 0.1) is 56.5 Å². The molecule has 0 spiro atoms. The number of benzene rings is 2. The van der Waals surface area contributed by atoms with Crippen LogP contribution in [0.1, 0.15) is 69.7 Å².